The van der Waals surface area contributed by atoms with Gasteiger partial charge in [-0.25, -0.2) is 0 Å². The van der Waals surface area contributed by atoms with Crippen LogP contribution < -0.4 is 10.6 Å². The Balaban J connectivity index is 2.02. The number of ether oxygens (including phenoxy) is 1. The molecule has 2 rings (SSSR count). The van der Waals surface area contributed by atoms with Crippen LogP contribution in [0.5, 0.6) is 0 Å². The van der Waals surface area contributed by atoms with Gasteiger partial charge in [0.15, 0.2) is 0 Å². The van der Waals surface area contributed by atoms with Crippen LogP contribution in [0.1, 0.15) is 31.9 Å². The average molecular weight is 306 g/mol. The van der Waals surface area contributed by atoms with Gasteiger partial charge in [0, 0.05) is 12.1 Å². The van der Waals surface area contributed by atoms with Gasteiger partial charge < -0.3 is 20.5 Å². The second-order valence-corrected chi connectivity index (χ2v) is 5.86. The molecule has 0 aromatic heterocycles. The van der Waals surface area contributed by atoms with Crippen LogP contribution in [0.3, 0.4) is 0 Å². The Labute approximate surface area is 129 Å². The predicted molar refractivity (Wildman–Crippen MR) is 82.2 cm³/mol. The molecule has 1 saturated heterocycles. The average Bonchev–Trinajstić information content (AvgIpc) is 2.47. The van der Waals surface area contributed by atoms with Gasteiger partial charge in [-0.15, -0.1) is 0 Å². The van der Waals surface area contributed by atoms with E-state index < -0.39 is 6.04 Å². The van der Waals surface area contributed by atoms with Gasteiger partial charge in [0.05, 0.1) is 12.6 Å². The van der Waals surface area contributed by atoms with Crippen molar-refractivity contribution in [3.05, 3.63) is 29.8 Å². The molecule has 2 unspecified atom stereocenters. The Hall–Kier alpha value is -1.92. The molecule has 6 nitrogen and oxygen atoms in total. The highest BCUT2D eigenvalue weighted by Gasteiger charge is 2.30. The number of rotatable bonds is 5. The number of morpholine rings is 1. The van der Waals surface area contributed by atoms with Crippen LogP contribution in [0.25, 0.3) is 0 Å². The van der Waals surface area contributed by atoms with E-state index in [1.165, 1.54) is 0 Å². The quantitative estimate of drug-likeness (QED) is 0.763. The van der Waals surface area contributed by atoms with E-state index in [2.05, 4.69) is 10.6 Å². The van der Waals surface area contributed by atoms with Crippen molar-refractivity contribution in [1.82, 2.24) is 5.32 Å². The summed E-state index contributed by atoms with van der Waals surface area (Å²) in [7, 11) is 0. The molecule has 3 N–H and O–H groups in total. The van der Waals surface area contributed by atoms with E-state index in [0.29, 0.717) is 12.3 Å². The first-order chi connectivity index (χ1) is 10.5. The molecule has 1 heterocycles. The standard InChI is InChI=1S/C16H22N2O4/c1-10(2)7-14(20)17-12-5-3-11(4-6-12)16-13(8-19)18-15(21)9-22-16/h3-6,10,13,16,19H,7-9H2,1-2H3,(H,17,20)(H,18,21). The summed E-state index contributed by atoms with van der Waals surface area (Å²) >= 11 is 0. The molecule has 1 fully saturated rings. The summed E-state index contributed by atoms with van der Waals surface area (Å²) < 4.78 is 5.49. The maximum Gasteiger partial charge on any atom is 0.246 e. The molecule has 2 atom stereocenters. The normalized spacial score (nSPS) is 21.5. The number of aliphatic hydroxyl groups is 1. The van der Waals surface area contributed by atoms with Crippen molar-refractivity contribution in [3.8, 4) is 0 Å². The van der Waals surface area contributed by atoms with E-state index in [4.69, 9.17) is 4.74 Å². The van der Waals surface area contributed by atoms with Crippen molar-refractivity contribution >= 4 is 17.5 Å². The zero-order valence-electron chi connectivity index (χ0n) is 12.8. The number of carbonyl (C=O) groups excluding carboxylic acids is 2. The monoisotopic (exact) mass is 306 g/mol. The number of benzene rings is 1. The number of carbonyl (C=O) groups is 2. The molecule has 1 aromatic carbocycles. The van der Waals surface area contributed by atoms with Crippen LogP contribution in [0.15, 0.2) is 24.3 Å². The van der Waals surface area contributed by atoms with Gasteiger partial charge in [0.2, 0.25) is 11.8 Å². The highest BCUT2D eigenvalue weighted by molar-refractivity contribution is 5.90. The third-order valence-corrected chi connectivity index (χ3v) is 3.42. The SMILES string of the molecule is CC(C)CC(=O)Nc1ccc(C2OCC(=O)NC2CO)cc1. The number of hydrogen-bond acceptors (Lipinski definition) is 4. The van der Waals surface area contributed by atoms with E-state index in [0.717, 1.165) is 11.3 Å². The summed E-state index contributed by atoms with van der Waals surface area (Å²) in [5.41, 5.74) is 1.57. The lowest BCUT2D eigenvalue weighted by molar-refractivity contribution is -0.138. The zero-order chi connectivity index (χ0) is 16.1. The van der Waals surface area contributed by atoms with Gasteiger partial charge >= 0.3 is 0 Å². The Morgan fingerprint density at radius 1 is 1.41 bits per heavy atom. The van der Waals surface area contributed by atoms with E-state index in [1.54, 1.807) is 12.1 Å². The van der Waals surface area contributed by atoms with E-state index >= 15 is 0 Å². The lowest BCUT2D eigenvalue weighted by Gasteiger charge is -2.31. The van der Waals surface area contributed by atoms with Crippen molar-refractivity contribution in [2.24, 2.45) is 5.92 Å². The third-order valence-electron chi connectivity index (χ3n) is 3.42. The number of hydrogen-bond donors (Lipinski definition) is 3. The molecule has 0 spiro atoms. The van der Waals surface area contributed by atoms with Gasteiger partial charge in [0.25, 0.3) is 0 Å². The summed E-state index contributed by atoms with van der Waals surface area (Å²) in [5, 5.41) is 14.9. The molecule has 6 heteroatoms. The maximum atomic E-state index is 11.7. The lowest BCUT2D eigenvalue weighted by atomic mass is 10.0. The van der Waals surface area contributed by atoms with Crippen molar-refractivity contribution in [2.45, 2.75) is 32.4 Å². The van der Waals surface area contributed by atoms with E-state index in [-0.39, 0.29) is 31.1 Å². The second kappa shape index (κ2) is 7.38. The van der Waals surface area contributed by atoms with Crippen molar-refractivity contribution in [2.75, 3.05) is 18.5 Å². The minimum absolute atomic E-state index is 0.0165. The third kappa shape index (κ3) is 4.29. The van der Waals surface area contributed by atoms with Gasteiger partial charge in [0.1, 0.15) is 12.7 Å². The Morgan fingerprint density at radius 3 is 2.68 bits per heavy atom. The van der Waals surface area contributed by atoms with Gasteiger partial charge in [-0.2, -0.15) is 0 Å². The van der Waals surface area contributed by atoms with Crippen molar-refractivity contribution in [3.63, 3.8) is 0 Å². The van der Waals surface area contributed by atoms with Crippen LogP contribution in [0, 0.1) is 5.92 Å². The number of anilines is 1. The summed E-state index contributed by atoms with van der Waals surface area (Å²) in [6.07, 6.45) is 0.0923. The molecule has 0 bridgehead atoms. The Bertz CT molecular complexity index is 527. The summed E-state index contributed by atoms with van der Waals surface area (Å²) in [4.78, 5) is 23.0. The lowest BCUT2D eigenvalue weighted by Crippen LogP contribution is -2.49. The molecule has 22 heavy (non-hydrogen) atoms. The topological polar surface area (TPSA) is 87.7 Å². The molecule has 1 aliphatic rings. The molecular formula is C16H22N2O4. The van der Waals surface area contributed by atoms with Gasteiger partial charge in [-0.1, -0.05) is 26.0 Å². The largest absolute Gasteiger partial charge is 0.394 e. The van der Waals surface area contributed by atoms with E-state index in [9.17, 15) is 14.7 Å². The minimum Gasteiger partial charge on any atom is -0.394 e. The fraction of sp³-hybridized carbons (Fsp3) is 0.500. The van der Waals surface area contributed by atoms with Gasteiger partial charge in [-0.05, 0) is 23.6 Å². The molecule has 0 aliphatic carbocycles. The summed E-state index contributed by atoms with van der Waals surface area (Å²) in [5.74, 6) is 0.0638. The summed E-state index contributed by atoms with van der Waals surface area (Å²) in [6.45, 7) is 3.77. The first-order valence-corrected chi connectivity index (χ1v) is 7.41. The first kappa shape index (κ1) is 16.5. The molecular weight excluding hydrogens is 284 g/mol. The Kier molecular flexibility index (Phi) is 5.51. The molecule has 0 radical (unpaired) electrons. The van der Waals surface area contributed by atoms with Crippen molar-refractivity contribution < 1.29 is 19.4 Å². The fourth-order valence-electron chi connectivity index (χ4n) is 2.41. The molecule has 120 valence electrons. The van der Waals surface area contributed by atoms with Crippen LogP contribution in [0.2, 0.25) is 0 Å². The van der Waals surface area contributed by atoms with Crippen LogP contribution in [-0.4, -0.2) is 36.2 Å². The Morgan fingerprint density at radius 2 is 2.09 bits per heavy atom. The first-order valence-electron chi connectivity index (χ1n) is 7.41. The van der Waals surface area contributed by atoms with Crippen LogP contribution in [0.4, 0.5) is 5.69 Å². The smallest absolute Gasteiger partial charge is 0.246 e. The summed E-state index contributed by atoms with van der Waals surface area (Å²) in [6, 6.07) is 6.79. The molecule has 2 amide bonds. The highest BCUT2D eigenvalue weighted by Crippen LogP contribution is 2.25. The second-order valence-electron chi connectivity index (χ2n) is 5.86. The van der Waals surface area contributed by atoms with Crippen molar-refractivity contribution in [1.29, 1.82) is 0 Å². The molecule has 1 aromatic rings. The molecule has 1 aliphatic heterocycles. The highest BCUT2D eigenvalue weighted by atomic mass is 16.5. The number of aliphatic hydroxyl groups excluding tert-OH is 1. The van der Waals surface area contributed by atoms with Gasteiger partial charge in [-0.3, -0.25) is 9.59 Å². The van der Waals surface area contributed by atoms with Crippen LogP contribution in [-0.2, 0) is 14.3 Å². The maximum absolute atomic E-state index is 11.7. The predicted octanol–water partition coefficient (Wildman–Crippen LogP) is 1.22. The zero-order valence-corrected chi connectivity index (χ0v) is 12.8. The molecule has 0 saturated carbocycles. The minimum atomic E-state index is -0.456. The van der Waals surface area contributed by atoms with Crippen LogP contribution >= 0.6 is 0 Å². The number of amides is 2. The number of nitrogens with one attached hydrogen (secondary N) is 2. The van der Waals surface area contributed by atoms with E-state index in [1.807, 2.05) is 26.0 Å². The fourth-order valence-corrected chi connectivity index (χ4v) is 2.41.